The highest BCUT2D eigenvalue weighted by atomic mass is 79.9. The number of aromatic nitrogens is 5. The van der Waals surface area contributed by atoms with Crippen molar-refractivity contribution in [2.45, 2.75) is 49.3 Å². The summed E-state index contributed by atoms with van der Waals surface area (Å²) in [5, 5.41) is 61.3. The summed E-state index contributed by atoms with van der Waals surface area (Å²) in [7, 11) is 0. The lowest BCUT2D eigenvalue weighted by atomic mass is 10.1. The summed E-state index contributed by atoms with van der Waals surface area (Å²) in [6, 6.07) is -1.09. The maximum Gasteiger partial charge on any atom is 0.288 e. The van der Waals surface area contributed by atoms with Crippen LogP contribution in [0.2, 0.25) is 0 Å². The van der Waals surface area contributed by atoms with Gasteiger partial charge in [0.05, 0.1) is 30.6 Å². The number of nitrogens with two attached hydrogens (primary N) is 3. The molecule has 2 saturated carbocycles. The van der Waals surface area contributed by atoms with E-state index in [1.54, 1.807) is 0 Å². The molecule has 2 aromatic heterocycles. The van der Waals surface area contributed by atoms with Gasteiger partial charge in [-0.3, -0.25) is 9.59 Å². The number of rotatable bonds is 6. The fraction of sp³-hybridized carbons (Fsp3) is 0.632. The number of amides is 2. The average molecular weight is 577 g/mol. The van der Waals surface area contributed by atoms with Gasteiger partial charge in [-0.15, -0.1) is 5.10 Å². The Balaban J connectivity index is 0.000000201. The quantitative estimate of drug-likeness (QED) is 0.160. The molecule has 0 radical (unpaired) electrons. The molecular formula is C19H29BrN8O8. The van der Waals surface area contributed by atoms with Crippen molar-refractivity contribution in [3.05, 3.63) is 22.6 Å². The summed E-state index contributed by atoms with van der Waals surface area (Å²) < 4.78 is 2.94. The molecule has 200 valence electrons. The number of imidazole rings is 1. The zero-order valence-electron chi connectivity index (χ0n) is 18.9. The summed E-state index contributed by atoms with van der Waals surface area (Å²) in [5.74, 6) is -2.51. The smallest absolute Gasteiger partial charge is 0.288 e. The van der Waals surface area contributed by atoms with E-state index in [1.807, 2.05) is 0 Å². The van der Waals surface area contributed by atoms with E-state index in [9.17, 15) is 30.0 Å². The number of carbonyl (C=O) groups is 2. The van der Waals surface area contributed by atoms with Crippen molar-refractivity contribution in [3.63, 3.8) is 0 Å². The molecule has 0 bridgehead atoms. The van der Waals surface area contributed by atoms with Crippen LogP contribution in [-0.2, 0) is 0 Å². The second-order valence-electron chi connectivity index (χ2n) is 8.72. The molecule has 8 atom stereocenters. The zero-order valence-corrected chi connectivity index (χ0v) is 20.5. The number of nitrogen functional groups attached to an aromatic ring is 1. The molecule has 12 N–H and O–H groups in total. The van der Waals surface area contributed by atoms with Crippen LogP contribution in [0.25, 0.3) is 0 Å². The Hall–Kier alpha value is -2.67. The second kappa shape index (κ2) is 11.2. The van der Waals surface area contributed by atoms with Crippen LogP contribution in [0.4, 0.5) is 5.82 Å². The van der Waals surface area contributed by atoms with Crippen molar-refractivity contribution in [2.24, 2.45) is 23.3 Å². The summed E-state index contributed by atoms with van der Waals surface area (Å²) in [6.45, 7) is -0.463. The molecule has 4 rings (SSSR count). The Kier molecular flexibility index (Phi) is 8.65. The van der Waals surface area contributed by atoms with Gasteiger partial charge in [0, 0.05) is 25.0 Å². The summed E-state index contributed by atoms with van der Waals surface area (Å²) in [4.78, 5) is 29.6. The molecule has 0 aliphatic heterocycles. The first-order valence-corrected chi connectivity index (χ1v) is 11.7. The molecule has 0 aromatic carbocycles. The van der Waals surface area contributed by atoms with Gasteiger partial charge < -0.3 is 52.4 Å². The predicted molar refractivity (Wildman–Crippen MR) is 124 cm³/mol. The highest BCUT2D eigenvalue weighted by molar-refractivity contribution is 9.10. The SMILES string of the molecule is NC(=O)c1nc(Br)n([C@@H]2C[C@H](CO)C(O)[C@@H]2O)n1.NC(=O)c1ncn([C@@H]2C[C@H](CO)C(O)[C@@H]2O)c1N. The Morgan fingerprint density at radius 2 is 1.47 bits per heavy atom. The van der Waals surface area contributed by atoms with Crippen LogP contribution in [-0.4, -0.2) is 104 Å². The molecule has 16 nitrogen and oxygen atoms in total. The molecule has 2 fully saturated rings. The van der Waals surface area contributed by atoms with Crippen molar-refractivity contribution < 1.29 is 40.2 Å². The van der Waals surface area contributed by atoms with E-state index < -0.39 is 60.1 Å². The standard InChI is InChI=1S/C10H16N4O4.C9H13BrN4O4/c11-9-6(10(12)18)13-3-14(9)5-1-4(2-15)7(16)8(5)17;10-9-12-8(7(11)18)13-14(9)4-1-3(2-15)5(16)6(4)17/h3-5,7-8,15-17H,1-2,11H2,(H2,12,18);3-6,15-17H,1-2H2,(H2,11,18)/t4-,5-,7?,8-;3-,4-,5?,6-/m11/s1. The minimum Gasteiger partial charge on any atom is -0.396 e. The van der Waals surface area contributed by atoms with Gasteiger partial charge in [-0.2, -0.15) is 4.98 Å². The number of hydrogen-bond acceptors (Lipinski definition) is 12. The van der Waals surface area contributed by atoms with Crippen LogP contribution in [0, 0.1) is 11.8 Å². The molecule has 17 heteroatoms. The first-order chi connectivity index (χ1) is 16.9. The molecule has 2 unspecified atom stereocenters. The Morgan fingerprint density at radius 1 is 0.944 bits per heavy atom. The molecule has 2 amide bonds. The van der Waals surface area contributed by atoms with Gasteiger partial charge >= 0.3 is 0 Å². The second-order valence-corrected chi connectivity index (χ2v) is 9.43. The highest BCUT2D eigenvalue weighted by Crippen LogP contribution is 2.37. The summed E-state index contributed by atoms with van der Waals surface area (Å²) >= 11 is 3.11. The van der Waals surface area contributed by atoms with E-state index in [0.717, 1.165) is 0 Å². The van der Waals surface area contributed by atoms with Gasteiger partial charge in [-0.25, -0.2) is 9.67 Å². The van der Waals surface area contributed by atoms with E-state index in [-0.39, 0.29) is 35.3 Å². The van der Waals surface area contributed by atoms with Crippen molar-refractivity contribution in [3.8, 4) is 0 Å². The van der Waals surface area contributed by atoms with Gasteiger partial charge in [-0.05, 0) is 28.8 Å². The fourth-order valence-corrected chi connectivity index (χ4v) is 5.03. The van der Waals surface area contributed by atoms with Gasteiger partial charge in [0.2, 0.25) is 5.82 Å². The molecule has 2 heterocycles. The molecule has 36 heavy (non-hydrogen) atoms. The van der Waals surface area contributed by atoms with Gasteiger partial charge in [-0.1, -0.05) is 0 Å². The lowest BCUT2D eigenvalue weighted by Gasteiger charge is -2.18. The first kappa shape index (κ1) is 27.9. The first-order valence-electron chi connectivity index (χ1n) is 10.9. The van der Waals surface area contributed by atoms with Gasteiger partial charge in [0.25, 0.3) is 11.8 Å². The molecular weight excluding hydrogens is 548 g/mol. The van der Waals surface area contributed by atoms with Crippen LogP contribution in [0.3, 0.4) is 0 Å². The minimum absolute atomic E-state index is 0.0531. The van der Waals surface area contributed by atoms with Gasteiger partial charge in [0.1, 0.15) is 18.0 Å². The number of nitrogens with zero attached hydrogens (tertiary/aromatic N) is 5. The number of primary amides is 2. The molecule has 2 aromatic rings. The van der Waals surface area contributed by atoms with Crippen molar-refractivity contribution in [1.29, 1.82) is 0 Å². The van der Waals surface area contributed by atoms with E-state index in [1.165, 1.54) is 15.6 Å². The molecule has 0 spiro atoms. The third-order valence-corrected chi connectivity index (χ3v) is 7.10. The maximum atomic E-state index is 11.0. The number of anilines is 1. The number of aliphatic hydroxyl groups excluding tert-OH is 6. The van der Waals surface area contributed by atoms with E-state index >= 15 is 0 Å². The maximum absolute atomic E-state index is 11.0. The zero-order chi connectivity index (χ0) is 26.9. The third-order valence-electron chi connectivity index (χ3n) is 6.56. The number of aliphatic hydroxyl groups is 6. The van der Waals surface area contributed by atoms with E-state index in [4.69, 9.17) is 27.4 Å². The molecule has 2 aliphatic rings. The summed E-state index contributed by atoms with van der Waals surface area (Å²) in [5.41, 5.74) is 15.8. The van der Waals surface area contributed by atoms with Crippen LogP contribution >= 0.6 is 15.9 Å². The van der Waals surface area contributed by atoms with Gasteiger partial charge in [0.15, 0.2) is 10.4 Å². The lowest BCUT2D eigenvalue weighted by molar-refractivity contribution is -0.00568. The van der Waals surface area contributed by atoms with Crippen LogP contribution in [0.15, 0.2) is 11.1 Å². The van der Waals surface area contributed by atoms with Crippen LogP contribution in [0.5, 0.6) is 0 Å². The van der Waals surface area contributed by atoms with Crippen molar-refractivity contribution in [2.75, 3.05) is 18.9 Å². The summed E-state index contributed by atoms with van der Waals surface area (Å²) in [6.07, 6.45) is -2.24. The Morgan fingerprint density at radius 3 is 1.89 bits per heavy atom. The average Bonchev–Trinajstić information content (AvgIpc) is 3.55. The monoisotopic (exact) mass is 576 g/mol. The molecule has 0 saturated heterocycles. The normalized spacial score (nSPS) is 31.8. The van der Waals surface area contributed by atoms with E-state index in [0.29, 0.717) is 12.8 Å². The van der Waals surface area contributed by atoms with Crippen LogP contribution < -0.4 is 17.2 Å². The Bertz CT molecular complexity index is 1070. The van der Waals surface area contributed by atoms with Crippen LogP contribution in [0.1, 0.15) is 46.0 Å². The topological polar surface area (TPSA) is 282 Å². The van der Waals surface area contributed by atoms with Crippen molar-refractivity contribution in [1.82, 2.24) is 24.3 Å². The predicted octanol–water partition coefficient (Wildman–Crippen LogP) is -3.75. The van der Waals surface area contributed by atoms with E-state index in [2.05, 4.69) is 31.0 Å². The third kappa shape index (κ3) is 5.22. The molecule has 2 aliphatic carbocycles. The minimum atomic E-state index is -1.08. The highest BCUT2D eigenvalue weighted by Gasteiger charge is 2.44. The van der Waals surface area contributed by atoms with Crippen molar-refractivity contribution >= 4 is 33.6 Å². The number of carbonyl (C=O) groups excluding carboxylic acids is 2. The lowest BCUT2D eigenvalue weighted by Crippen LogP contribution is -2.31. The number of hydrogen-bond donors (Lipinski definition) is 9. The largest absolute Gasteiger partial charge is 0.396 e. The Labute approximate surface area is 212 Å². The number of halogens is 1. The fourth-order valence-electron chi connectivity index (χ4n) is 4.52.